The first-order valence-electron chi connectivity index (χ1n) is 8.47. The molecule has 0 bridgehead atoms. The average molecular weight is 286 g/mol. The van der Waals surface area contributed by atoms with E-state index in [-0.39, 0.29) is 0 Å². The summed E-state index contributed by atoms with van der Waals surface area (Å²) in [5.41, 5.74) is 10.4. The summed E-state index contributed by atoms with van der Waals surface area (Å²) in [5, 5.41) is 0. The van der Waals surface area contributed by atoms with Crippen molar-refractivity contribution in [3.8, 4) is 11.1 Å². The van der Waals surface area contributed by atoms with Crippen LogP contribution in [0.15, 0.2) is 60.2 Å². The molecule has 0 aliphatic heterocycles. The second kappa shape index (κ2) is 5.61. The van der Waals surface area contributed by atoms with Crippen molar-refractivity contribution in [3.05, 3.63) is 76.9 Å². The Morgan fingerprint density at radius 2 is 1.82 bits per heavy atom. The molecular formula is C22H22. The molecule has 110 valence electrons. The minimum atomic E-state index is 1.09. The molecule has 0 heteroatoms. The van der Waals surface area contributed by atoms with Crippen LogP contribution >= 0.6 is 0 Å². The fourth-order valence-corrected chi connectivity index (χ4v) is 3.79. The first kappa shape index (κ1) is 13.6. The van der Waals surface area contributed by atoms with Gasteiger partial charge in [0.2, 0.25) is 0 Å². The zero-order valence-electron chi connectivity index (χ0n) is 13.2. The Kier molecular flexibility index (Phi) is 3.46. The fraction of sp³-hybridized carbons (Fsp3) is 0.273. The lowest BCUT2D eigenvalue weighted by Gasteiger charge is -2.10. The quantitative estimate of drug-likeness (QED) is 0.538. The van der Waals surface area contributed by atoms with Crippen LogP contribution in [0.25, 0.3) is 16.7 Å². The Morgan fingerprint density at radius 1 is 0.955 bits per heavy atom. The number of hydrogen-bond donors (Lipinski definition) is 0. The van der Waals surface area contributed by atoms with Crippen molar-refractivity contribution in [1.29, 1.82) is 0 Å². The number of rotatable bonds is 4. The smallest absolute Gasteiger partial charge is 0.00132 e. The predicted molar refractivity (Wildman–Crippen MR) is 94.9 cm³/mol. The van der Waals surface area contributed by atoms with Gasteiger partial charge in [0, 0.05) is 0 Å². The molecule has 0 saturated heterocycles. The van der Waals surface area contributed by atoms with Crippen LogP contribution in [-0.2, 0) is 6.42 Å². The Labute approximate surface area is 133 Å². The second-order valence-electron chi connectivity index (χ2n) is 6.42. The van der Waals surface area contributed by atoms with Gasteiger partial charge in [-0.1, -0.05) is 68.0 Å². The third kappa shape index (κ3) is 2.23. The van der Waals surface area contributed by atoms with E-state index in [2.05, 4.69) is 61.5 Å². The number of fused-ring (bicyclic) bond motifs is 3. The molecule has 0 N–H and O–H groups in total. The molecule has 2 aromatic carbocycles. The molecule has 2 aromatic rings. The zero-order chi connectivity index (χ0) is 14.9. The lowest BCUT2D eigenvalue weighted by atomic mass is 9.95. The van der Waals surface area contributed by atoms with E-state index in [0.717, 1.165) is 12.8 Å². The Hall–Kier alpha value is -2.08. The molecule has 0 radical (unpaired) electrons. The van der Waals surface area contributed by atoms with Gasteiger partial charge >= 0.3 is 0 Å². The van der Waals surface area contributed by atoms with Crippen molar-refractivity contribution in [1.82, 2.24) is 0 Å². The van der Waals surface area contributed by atoms with E-state index in [9.17, 15) is 0 Å². The number of hydrogen-bond acceptors (Lipinski definition) is 0. The molecule has 0 fully saturated rings. The first-order valence-corrected chi connectivity index (χ1v) is 8.47. The minimum absolute atomic E-state index is 1.09. The molecule has 2 aliphatic rings. The molecule has 2 aliphatic carbocycles. The Balaban J connectivity index is 1.70. The summed E-state index contributed by atoms with van der Waals surface area (Å²) in [4.78, 5) is 0. The lowest BCUT2D eigenvalue weighted by Crippen LogP contribution is -1.89. The van der Waals surface area contributed by atoms with Crippen molar-refractivity contribution >= 4 is 5.57 Å². The minimum Gasteiger partial charge on any atom is -0.0798 e. The largest absolute Gasteiger partial charge is 0.0798 e. The summed E-state index contributed by atoms with van der Waals surface area (Å²) < 4.78 is 0. The second-order valence-corrected chi connectivity index (χ2v) is 6.42. The van der Waals surface area contributed by atoms with Gasteiger partial charge in [0.15, 0.2) is 0 Å². The van der Waals surface area contributed by atoms with E-state index < -0.39 is 0 Å². The topological polar surface area (TPSA) is 0 Å². The van der Waals surface area contributed by atoms with Gasteiger partial charge in [0.1, 0.15) is 0 Å². The molecule has 22 heavy (non-hydrogen) atoms. The average Bonchev–Trinajstić information content (AvgIpc) is 3.16. The van der Waals surface area contributed by atoms with E-state index in [1.165, 1.54) is 47.1 Å². The molecule has 0 nitrogen and oxygen atoms in total. The highest BCUT2D eigenvalue weighted by Crippen LogP contribution is 2.39. The summed E-state index contributed by atoms with van der Waals surface area (Å²) in [6.07, 6.45) is 10.6. The first-order chi connectivity index (χ1) is 10.9. The Morgan fingerprint density at radius 3 is 2.73 bits per heavy atom. The van der Waals surface area contributed by atoms with E-state index in [0.29, 0.717) is 0 Å². The van der Waals surface area contributed by atoms with Crippen molar-refractivity contribution in [2.24, 2.45) is 0 Å². The highest BCUT2D eigenvalue weighted by Gasteiger charge is 2.19. The van der Waals surface area contributed by atoms with Crippen LogP contribution in [0.2, 0.25) is 0 Å². The van der Waals surface area contributed by atoms with Gasteiger partial charge in [-0.3, -0.25) is 0 Å². The van der Waals surface area contributed by atoms with Crippen LogP contribution in [-0.4, -0.2) is 0 Å². The van der Waals surface area contributed by atoms with Gasteiger partial charge in [0.25, 0.3) is 0 Å². The maximum Gasteiger partial charge on any atom is -0.00132 e. The van der Waals surface area contributed by atoms with Gasteiger partial charge < -0.3 is 0 Å². The third-order valence-corrected chi connectivity index (χ3v) is 4.97. The SMILES string of the molecule is CCCCC1=C(c2ccc3c(c2)Cc2ccccc2-3)CC=C1. The van der Waals surface area contributed by atoms with E-state index in [1.807, 2.05) is 0 Å². The summed E-state index contributed by atoms with van der Waals surface area (Å²) in [5.74, 6) is 0. The predicted octanol–water partition coefficient (Wildman–Crippen LogP) is 6.16. The van der Waals surface area contributed by atoms with E-state index >= 15 is 0 Å². The maximum absolute atomic E-state index is 2.43. The number of benzene rings is 2. The van der Waals surface area contributed by atoms with Crippen molar-refractivity contribution in [2.45, 2.75) is 39.0 Å². The van der Waals surface area contributed by atoms with Crippen LogP contribution in [0.1, 0.15) is 49.3 Å². The summed E-state index contributed by atoms with van der Waals surface area (Å²) in [6, 6.07) is 15.9. The normalized spacial score (nSPS) is 15.3. The van der Waals surface area contributed by atoms with E-state index in [1.54, 1.807) is 11.1 Å². The van der Waals surface area contributed by atoms with Crippen molar-refractivity contribution < 1.29 is 0 Å². The molecule has 4 rings (SSSR count). The third-order valence-electron chi connectivity index (χ3n) is 4.97. The van der Waals surface area contributed by atoms with Crippen LogP contribution < -0.4 is 0 Å². The highest BCUT2D eigenvalue weighted by atomic mass is 14.2. The molecular weight excluding hydrogens is 264 g/mol. The van der Waals surface area contributed by atoms with Gasteiger partial charge in [-0.25, -0.2) is 0 Å². The standard InChI is InChI=1S/C22H22/c1-2-3-7-16-9-6-11-20(16)18-12-13-22-19(15-18)14-17-8-4-5-10-21(17)22/h4-6,8-10,12-13,15H,2-3,7,11,14H2,1H3. The van der Waals surface area contributed by atoms with Crippen LogP contribution in [0, 0.1) is 0 Å². The van der Waals surface area contributed by atoms with Gasteiger partial charge in [0.05, 0.1) is 0 Å². The van der Waals surface area contributed by atoms with Crippen molar-refractivity contribution in [2.75, 3.05) is 0 Å². The molecule has 0 saturated carbocycles. The molecule has 0 heterocycles. The summed E-state index contributed by atoms with van der Waals surface area (Å²) in [6.45, 7) is 2.27. The van der Waals surface area contributed by atoms with Gasteiger partial charge in [-0.05, 0) is 64.6 Å². The number of allylic oxidation sites excluding steroid dienone is 4. The molecule has 0 amide bonds. The molecule has 0 aromatic heterocycles. The van der Waals surface area contributed by atoms with Crippen molar-refractivity contribution in [3.63, 3.8) is 0 Å². The van der Waals surface area contributed by atoms with Crippen LogP contribution in [0.4, 0.5) is 0 Å². The van der Waals surface area contributed by atoms with Crippen LogP contribution in [0.5, 0.6) is 0 Å². The van der Waals surface area contributed by atoms with Crippen LogP contribution in [0.3, 0.4) is 0 Å². The van der Waals surface area contributed by atoms with Gasteiger partial charge in [-0.2, -0.15) is 0 Å². The monoisotopic (exact) mass is 286 g/mol. The molecule has 0 unspecified atom stereocenters. The maximum atomic E-state index is 2.43. The Bertz CT molecular complexity index is 774. The highest BCUT2D eigenvalue weighted by molar-refractivity contribution is 5.81. The lowest BCUT2D eigenvalue weighted by molar-refractivity contribution is 0.800. The van der Waals surface area contributed by atoms with E-state index in [4.69, 9.17) is 0 Å². The molecule has 0 atom stereocenters. The molecule has 0 spiro atoms. The summed E-state index contributed by atoms with van der Waals surface area (Å²) >= 11 is 0. The number of unbranched alkanes of at least 4 members (excludes halogenated alkanes) is 1. The zero-order valence-corrected chi connectivity index (χ0v) is 13.2. The van der Waals surface area contributed by atoms with Gasteiger partial charge in [-0.15, -0.1) is 0 Å². The summed E-state index contributed by atoms with van der Waals surface area (Å²) in [7, 11) is 0. The fourth-order valence-electron chi connectivity index (χ4n) is 3.79.